The molecule has 1 fully saturated rings. The lowest BCUT2D eigenvalue weighted by Crippen LogP contribution is -2.42. The number of hydrogen-bond acceptors (Lipinski definition) is 5. The van der Waals surface area contributed by atoms with Gasteiger partial charge in [0.05, 0.1) is 17.3 Å². The SMILES string of the molecule is CCc1nc2c(s1)C(NCC1(O)CCOC1)CCC2. The van der Waals surface area contributed by atoms with E-state index in [9.17, 15) is 5.11 Å². The van der Waals surface area contributed by atoms with Crippen LogP contribution in [0.5, 0.6) is 0 Å². The number of aryl methyl sites for hydroxylation is 2. The number of hydrogen-bond donors (Lipinski definition) is 2. The Balaban J connectivity index is 1.67. The number of aromatic nitrogens is 1. The van der Waals surface area contributed by atoms with Gasteiger partial charge in [0.1, 0.15) is 5.60 Å². The minimum absolute atomic E-state index is 0.367. The first kappa shape index (κ1) is 13.5. The maximum atomic E-state index is 10.3. The van der Waals surface area contributed by atoms with Crippen LogP contribution in [-0.2, 0) is 17.6 Å². The second kappa shape index (κ2) is 5.48. The zero-order valence-corrected chi connectivity index (χ0v) is 12.3. The van der Waals surface area contributed by atoms with Gasteiger partial charge in [-0.2, -0.15) is 0 Å². The van der Waals surface area contributed by atoms with Gasteiger partial charge in [-0.05, 0) is 25.7 Å². The van der Waals surface area contributed by atoms with Crippen molar-refractivity contribution in [2.75, 3.05) is 19.8 Å². The van der Waals surface area contributed by atoms with Crippen LogP contribution in [-0.4, -0.2) is 35.5 Å². The molecule has 2 unspecified atom stereocenters. The topological polar surface area (TPSA) is 54.4 Å². The number of nitrogens with one attached hydrogen (secondary N) is 1. The van der Waals surface area contributed by atoms with Crippen LogP contribution in [0.15, 0.2) is 0 Å². The van der Waals surface area contributed by atoms with E-state index < -0.39 is 5.60 Å². The van der Waals surface area contributed by atoms with Gasteiger partial charge in [0.2, 0.25) is 0 Å². The highest BCUT2D eigenvalue weighted by molar-refractivity contribution is 7.11. The van der Waals surface area contributed by atoms with Gasteiger partial charge in [0.25, 0.3) is 0 Å². The van der Waals surface area contributed by atoms with Crippen molar-refractivity contribution in [3.63, 3.8) is 0 Å². The molecule has 0 spiro atoms. The molecule has 5 heteroatoms. The van der Waals surface area contributed by atoms with Crippen LogP contribution in [0, 0.1) is 0 Å². The smallest absolute Gasteiger partial charge is 0.103 e. The molecule has 1 aromatic heterocycles. The highest BCUT2D eigenvalue weighted by atomic mass is 32.1. The van der Waals surface area contributed by atoms with E-state index in [4.69, 9.17) is 9.72 Å². The molecule has 2 N–H and O–H groups in total. The molecule has 0 saturated carbocycles. The fraction of sp³-hybridized carbons (Fsp3) is 0.786. The molecule has 0 radical (unpaired) electrons. The monoisotopic (exact) mass is 282 g/mol. The van der Waals surface area contributed by atoms with Crippen molar-refractivity contribution in [3.8, 4) is 0 Å². The van der Waals surface area contributed by atoms with Crippen LogP contribution >= 0.6 is 11.3 Å². The molecule has 3 rings (SSSR count). The van der Waals surface area contributed by atoms with Crippen molar-refractivity contribution in [2.45, 2.75) is 50.7 Å². The van der Waals surface area contributed by atoms with Gasteiger partial charge < -0.3 is 15.2 Å². The summed E-state index contributed by atoms with van der Waals surface area (Å²) < 4.78 is 5.29. The zero-order valence-electron chi connectivity index (χ0n) is 11.4. The van der Waals surface area contributed by atoms with Crippen molar-refractivity contribution in [1.82, 2.24) is 10.3 Å². The molecule has 2 aliphatic rings. The molecule has 1 aliphatic carbocycles. The molecule has 1 saturated heterocycles. The number of fused-ring (bicyclic) bond motifs is 1. The second-order valence-corrected chi connectivity index (χ2v) is 6.74. The van der Waals surface area contributed by atoms with Gasteiger partial charge >= 0.3 is 0 Å². The minimum atomic E-state index is -0.671. The lowest BCUT2D eigenvalue weighted by molar-refractivity contribution is 0.0244. The lowest BCUT2D eigenvalue weighted by atomic mass is 9.96. The Morgan fingerprint density at radius 3 is 3.21 bits per heavy atom. The third-order valence-electron chi connectivity index (χ3n) is 4.06. The molecule has 1 aliphatic heterocycles. The number of aliphatic hydroxyl groups is 1. The van der Waals surface area contributed by atoms with Crippen LogP contribution in [0.2, 0.25) is 0 Å². The van der Waals surface area contributed by atoms with Gasteiger partial charge in [0.15, 0.2) is 0 Å². The molecule has 106 valence electrons. The van der Waals surface area contributed by atoms with Gasteiger partial charge in [-0.15, -0.1) is 11.3 Å². The molecule has 4 nitrogen and oxygen atoms in total. The Morgan fingerprint density at radius 1 is 1.58 bits per heavy atom. The summed E-state index contributed by atoms with van der Waals surface area (Å²) in [5.41, 5.74) is 0.607. The molecule has 1 aromatic rings. The van der Waals surface area contributed by atoms with E-state index in [0.717, 1.165) is 25.7 Å². The first-order chi connectivity index (χ1) is 9.20. The normalized spacial score (nSPS) is 30.5. The molecule has 2 heterocycles. The fourth-order valence-corrected chi connectivity index (χ4v) is 4.03. The van der Waals surface area contributed by atoms with Crippen molar-refractivity contribution < 1.29 is 9.84 Å². The van der Waals surface area contributed by atoms with Gasteiger partial charge in [-0.25, -0.2) is 4.98 Å². The first-order valence-corrected chi connectivity index (χ1v) is 8.04. The molecule has 19 heavy (non-hydrogen) atoms. The predicted molar refractivity (Wildman–Crippen MR) is 75.6 cm³/mol. The molecular formula is C14H22N2O2S. The number of ether oxygens (including phenoxy) is 1. The average Bonchev–Trinajstić information content (AvgIpc) is 3.02. The summed E-state index contributed by atoms with van der Waals surface area (Å²) in [6, 6.07) is 0.367. The summed E-state index contributed by atoms with van der Waals surface area (Å²) in [5.74, 6) is 0. The standard InChI is InChI=1S/C14H22N2O2S/c1-2-12-16-11-5-3-4-10(13(11)19-12)15-8-14(17)6-7-18-9-14/h10,15,17H,2-9H2,1H3. The maximum absolute atomic E-state index is 10.3. The van der Waals surface area contributed by atoms with Crippen LogP contribution in [0.1, 0.15) is 47.8 Å². The van der Waals surface area contributed by atoms with Gasteiger partial charge in [0, 0.05) is 30.5 Å². The van der Waals surface area contributed by atoms with E-state index in [1.807, 2.05) is 11.3 Å². The molecule has 0 amide bonds. The summed E-state index contributed by atoms with van der Waals surface area (Å²) in [6.07, 6.45) is 5.20. The zero-order chi connectivity index (χ0) is 13.3. The van der Waals surface area contributed by atoms with E-state index in [-0.39, 0.29) is 0 Å². The predicted octanol–water partition coefficient (Wildman–Crippen LogP) is 1.82. The Hall–Kier alpha value is -0.490. The summed E-state index contributed by atoms with van der Waals surface area (Å²) in [6.45, 7) is 3.92. The minimum Gasteiger partial charge on any atom is -0.386 e. The Bertz CT molecular complexity index is 441. The number of rotatable bonds is 4. The fourth-order valence-electron chi connectivity index (χ4n) is 2.87. The second-order valence-electron chi connectivity index (χ2n) is 5.62. The van der Waals surface area contributed by atoms with E-state index in [1.165, 1.54) is 22.0 Å². The summed E-state index contributed by atoms with van der Waals surface area (Å²) in [4.78, 5) is 6.10. The van der Waals surface area contributed by atoms with Crippen LogP contribution in [0.3, 0.4) is 0 Å². The van der Waals surface area contributed by atoms with E-state index in [0.29, 0.717) is 25.8 Å². The summed E-state index contributed by atoms with van der Waals surface area (Å²) >= 11 is 1.84. The van der Waals surface area contributed by atoms with Crippen molar-refractivity contribution in [1.29, 1.82) is 0 Å². The molecular weight excluding hydrogens is 260 g/mol. The lowest BCUT2D eigenvalue weighted by Gasteiger charge is -2.27. The van der Waals surface area contributed by atoms with Crippen molar-refractivity contribution in [3.05, 3.63) is 15.6 Å². The molecule has 0 aromatic carbocycles. The summed E-state index contributed by atoms with van der Waals surface area (Å²) in [5, 5.41) is 15.1. The van der Waals surface area contributed by atoms with Crippen LogP contribution in [0.4, 0.5) is 0 Å². The van der Waals surface area contributed by atoms with Gasteiger partial charge in [-0.1, -0.05) is 6.92 Å². The Kier molecular flexibility index (Phi) is 3.89. The van der Waals surface area contributed by atoms with E-state index in [2.05, 4.69) is 12.2 Å². The quantitative estimate of drug-likeness (QED) is 0.884. The van der Waals surface area contributed by atoms with Crippen molar-refractivity contribution in [2.24, 2.45) is 0 Å². The van der Waals surface area contributed by atoms with Crippen LogP contribution in [0.25, 0.3) is 0 Å². The summed E-state index contributed by atoms with van der Waals surface area (Å²) in [7, 11) is 0. The third-order valence-corrected chi connectivity index (χ3v) is 5.41. The number of nitrogens with zero attached hydrogens (tertiary/aromatic N) is 1. The molecule has 0 bridgehead atoms. The maximum Gasteiger partial charge on any atom is 0.103 e. The van der Waals surface area contributed by atoms with Crippen molar-refractivity contribution >= 4 is 11.3 Å². The first-order valence-electron chi connectivity index (χ1n) is 7.22. The Labute approximate surface area is 118 Å². The number of thiazole rings is 1. The van der Waals surface area contributed by atoms with E-state index >= 15 is 0 Å². The Morgan fingerprint density at radius 2 is 2.47 bits per heavy atom. The molecule has 2 atom stereocenters. The van der Waals surface area contributed by atoms with Crippen LogP contribution < -0.4 is 5.32 Å². The van der Waals surface area contributed by atoms with E-state index in [1.54, 1.807) is 0 Å². The highest BCUT2D eigenvalue weighted by Crippen LogP contribution is 2.34. The average molecular weight is 282 g/mol. The third kappa shape index (κ3) is 2.84. The van der Waals surface area contributed by atoms with Gasteiger partial charge in [-0.3, -0.25) is 0 Å². The largest absolute Gasteiger partial charge is 0.386 e. The highest BCUT2D eigenvalue weighted by Gasteiger charge is 2.34.